The molecule has 1 aromatic carbocycles. The van der Waals surface area contributed by atoms with Gasteiger partial charge in [-0.1, -0.05) is 18.2 Å². The number of benzene rings is 1. The molecule has 5 nitrogen and oxygen atoms in total. The van der Waals surface area contributed by atoms with Crippen molar-refractivity contribution in [3.05, 3.63) is 40.9 Å². The highest BCUT2D eigenvalue weighted by Crippen LogP contribution is 2.31. The van der Waals surface area contributed by atoms with Gasteiger partial charge in [0.25, 0.3) is 0 Å². The third-order valence-corrected chi connectivity index (χ3v) is 3.36. The van der Waals surface area contributed by atoms with Crippen LogP contribution in [0.5, 0.6) is 5.75 Å². The molecule has 0 amide bonds. The van der Waals surface area contributed by atoms with E-state index in [4.69, 9.17) is 21.4 Å². The zero-order valence-electron chi connectivity index (χ0n) is 11.5. The van der Waals surface area contributed by atoms with Crippen LogP contribution in [0.3, 0.4) is 0 Å². The number of phenolic OH excluding ortho intramolecular Hbond substituents is 1. The SMILES string of the molecule is C=CC(=O)OCCCCCc1c(C(=O)O)ccc(O)c1Cl. The molecule has 0 bridgehead atoms. The fraction of sp³-hybridized carbons (Fsp3) is 0.333. The number of rotatable bonds is 8. The quantitative estimate of drug-likeness (QED) is 0.437. The standard InChI is InChI=1S/C15H17ClO5/c1-2-13(18)21-9-5-3-4-6-10-11(15(19)20)7-8-12(17)14(10)16/h2,7-8,17H,1,3-6,9H2,(H,19,20). The van der Waals surface area contributed by atoms with E-state index in [1.807, 2.05) is 0 Å². The lowest BCUT2D eigenvalue weighted by molar-refractivity contribution is -0.137. The lowest BCUT2D eigenvalue weighted by Crippen LogP contribution is -2.04. The van der Waals surface area contributed by atoms with Crippen molar-refractivity contribution in [1.29, 1.82) is 0 Å². The van der Waals surface area contributed by atoms with Crippen LogP contribution in [0.4, 0.5) is 0 Å². The van der Waals surface area contributed by atoms with Gasteiger partial charge in [0.05, 0.1) is 17.2 Å². The van der Waals surface area contributed by atoms with Gasteiger partial charge in [0.1, 0.15) is 5.75 Å². The number of carboxylic acid groups (broad SMARTS) is 1. The van der Waals surface area contributed by atoms with E-state index in [1.54, 1.807) is 0 Å². The van der Waals surface area contributed by atoms with E-state index in [2.05, 4.69) is 6.58 Å². The van der Waals surface area contributed by atoms with Crippen LogP contribution in [0.1, 0.15) is 35.2 Å². The molecule has 0 saturated heterocycles. The first-order valence-electron chi connectivity index (χ1n) is 6.50. The Morgan fingerprint density at radius 1 is 1.29 bits per heavy atom. The van der Waals surface area contributed by atoms with E-state index < -0.39 is 11.9 Å². The van der Waals surface area contributed by atoms with Crippen molar-refractivity contribution >= 4 is 23.5 Å². The summed E-state index contributed by atoms with van der Waals surface area (Å²) >= 11 is 5.95. The van der Waals surface area contributed by atoms with E-state index >= 15 is 0 Å². The minimum atomic E-state index is -1.08. The summed E-state index contributed by atoms with van der Waals surface area (Å²) < 4.78 is 4.83. The molecular formula is C15H17ClO5. The van der Waals surface area contributed by atoms with Crippen molar-refractivity contribution in [3.63, 3.8) is 0 Å². The van der Waals surface area contributed by atoms with Crippen LogP contribution in [0.15, 0.2) is 24.8 Å². The monoisotopic (exact) mass is 312 g/mol. The maximum absolute atomic E-state index is 11.1. The maximum Gasteiger partial charge on any atom is 0.336 e. The van der Waals surface area contributed by atoms with Gasteiger partial charge in [0.15, 0.2) is 0 Å². The molecule has 21 heavy (non-hydrogen) atoms. The summed E-state index contributed by atoms with van der Waals surface area (Å²) in [5, 5.41) is 18.7. The molecule has 0 heterocycles. The Labute approximate surface area is 127 Å². The summed E-state index contributed by atoms with van der Waals surface area (Å²) in [6, 6.07) is 2.61. The summed E-state index contributed by atoms with van der Waals surface area (Å²) in [4.78, 5) is 21.9. The highest BCUT2D eigenvalue weighted by molar-refractivity contribution is 6.33. The summed E-state index contributed by atoms with van der Waals surface area (Å²) in [6.07, 6.45) is 3.62. The molecule has 114 valence electrons. The van der Waals surface area contributed by atoms with E-state index in [0.717, 1.165) is 12.5 Å². The van der Waals surface area contributed by atoms with Gasteiger partial charge in [0.2, 0.25) is 0 Å². The Balaban J connectivity index is 2.52. The molecule has 6 heteroatoms. The highest BCUT2D eigenvalue weighted by atomic mass is 35.5. The number of carbonyl (C=O) groups excluding carboxylic acids is 1. The highest BCUT2D eigenvalue weighted by Gasteiger charge is 2.15. The predicted octanol–water partition coefficient (Wildman–Crippen LogP) is 3.19. The Hall–Kier alpha value is -2.01. The molecule has 1 rings (SSSR count). The van der Waals surface area contributed by atoms with Crippen LogP contribution in [0.2, 0.25) is 5.02 Å². The van der Waals surface area contributed by atoms with E-state index in [-0.39, 0.29) is 16.3 Å². The number of phenols is 1. The number of aromatic carboxylic acids is 1. The summed E-state index contributed by atoms with van der Waals surface area (Å²) in [6.45, 7) is 3.59. The van der Waals surface area contributed by atoms with Crippen molar-refractivity contribution < 1.29 is 24.5 Å². The van der Waals surface area contributed by atoms with Crippen LogP contribution in [-0.2, 0) is 16.0 Å². The van der Waals surface area contributed by atoms with Gasteiger partial charge in [0, 0.05) is 6.08 Å². The fourth-order valence-corrected chi connectivity index (χ4v) is 2.13. The Bertz CT molecular complexity index is 539. The molecule has 1 aromatic rings. The van der Waals surface area contributed by atoms with Gasteiger partial charge in [-0.3, -0.25) is 0 Å². The van der Waals surface area contributed by atoms with Gasteiger partial charge >= 0.3 is 11.9 Å². The molecule has 0 aliphatic rings. The number of aromatic hydroxyl groups is 1. The van der Waals surface area contributed by atoms with Crippen LogP contribution in [0.25, 0.3) is 0 Å². The molecule has 0 radical (unpaired) electrons. The summed E-state index contributed by atoms with van der Waals surface area (Å²) in [7, 11) is 0. The molecule has 0 unspecified atom stereocenters. The molecule has 0 spiro atoms. The Morgan fingerprint density at radius 3 is 2.62 bits per heavy atom. The van der Waals surface area contributed by atoms with Gasteiger partial charge in [-0.2, -0.15) is 0 Å². The molecule has 2 N–H and O–H groups in total. The first-order valence-corrected chi connectivity index (χ1v) is 6.88. The van der Waals surface area contributed by atoms with E-state index in [9.17, 15) is 14.7 Å². The van der Waals surface area contributed by atoms with Crippen molar-refractivity contribution in [1.82, 2.24) is 0 Å². The molecule has 0 fully saturated rings. The van der Waals surface area contributed by atoms with Crippen molar-refractivity contribution in [2.45, 2.75) is 25.7 Å². The topological polar surface area (TPSA) is 83.8 Å². The minimum absolute atomic E-state index is 0.0768. The van der Waals surface area contributed by atoms with Crippen molar-refractivity contribution in [3.8, 4) is 5.75 Å². The number of halogens is 1. The predicted molar refractivity (Wildman–Crippen MR) is 78.8 cm³/mol. The number of esters is 1. The van der Waals surface area contributed by atoms with E-state index in [1.165, 1.54) is 12.1 Å². The van der Waals surface area contributed by atoms with Crippen molar-refractivity contribution in [2.24, 2.45) is 0 Å². The Kier molecular flexibility index (Phi) is 6.75. The van der Waals surface area contributed by atoms with Crippen LogP contribution >= 0.6 is 11.6 Å². The largest absolute Gasteiger partial charge is 0.506 e. The summed E-state index contributed by atoms with van der Waals surface area (Å²) in [5.41, 5.74) is 0.517. The normalized spacial score (nSPS) is 10.1. The molecule has 0 atom stereocenters. The average molecular weight is 313 g/mol. The molecule has 0 aliphatic heterocycles. The van der Waals surface area contributed by atoms with Gasteiger partial charge in [-0.15, -0.1) is 0 Å². The smallest absolute Gasteiger partial charge is 0.336 e. The number of carboxylic acids is 1. The maximum atomic E-state index is 11.1. The lowest BCUT2D eigenvalue weighted by atomic mass is 10.0. The average Bonchev–Trinajstić information content (AvgIpc) is 2.46. The number of unbranched alkanes of at least 4 members (excludes halogenated alkanes) is 2. The van der Waals surface area contributed by atoms with Crippen LogP contribution in [-0.4, -0.2) is 28.8 Å². The second-order valence-corrected chi connectivity index (χ2v) is 4.79. The van der Waals surface area contributed by atoms with Gasteiger partial charge < -0.3 is 14.9 Å². The van der Waals surface area contributed by atoms with E-state index in [0.29, 0.717) is 31.4 Å². The number of ether oxygens (including phenoxy) is 1. The third kappa shape index (κ3) is 5.11. The van der Waals surface area contributed by atoms with Gasteiger partial charge in [-0.25, -0.2) is 9.59 Å². The second kappa shape index (κ2) is 8.32. The number of hydrogen-bond donors (Lipinski definition) is 2. The van der Waals surface area contributed by atoms with Crippen LogP contribution < -0.4 is 0 Å². The molecule has 0 saturated carbocycles. The molecule has 0 aliphatic carbocycles. The second-order valence-electron chi connectivity index (χ2n) is 4.41. The molecule has 0 aromatic heterocycles. The first kappa shape index (κ1) is 17.0. The van der Waals surface area contributed by atoms with Crippen molar-refractivity contribution in [2.75, 3.05) is 6.61 Å². The zero-order chi connectivity index (χ0) is 15.8. The summed E-state index contributed by atoms with van der Waals surface area (Å²) in [5.74, 6) is -1.66. The number of carbonyl (C=O) groups is 2. The fourth-order valence-electron chi connectivity index (χ4n) is 1.87. The lowest BCUT2D eigenvalue weighted by Gasteiger charge is -2.10. The molecular weight excluding hydrogens is 296 g/mol. The zero-order valence-corrected chi connectivity index (χ0v) is 12.2. The van der Waals surface area contributed by atoms with Crippen LogP contribution in [0, 0.1) is 0 Å². The third-order valence-electron chi connectivity index (χ3n) is 2.94. The number of hydrogen-bond acceptors (Lipinski definition) is 4. The minimum Gasteiger partial charge on any atom is -0.506 e. The van der Waals surface area contributed by atoms with Gasteiger partial charge in [-0.05, 0) is 43.4 Å². The Morgan fingerprint density at radius 2 is 2.00 bits per heavy atom. The first-order chi connectivity index (χ1) is 9.97.